The number of fused-ring (bicyclic) bond motifs is 1. The summed E-state index contributed by atoms with van der Waals surface area (Å²) in [5.41, 5.74) is 1.23. The van der Waals surface area contributed by atoms with Gasteiger partial charge in [-0.3, -0.25) is 9.59 Å². The molecule has 2 aromatic carbocycles. The predicted molar refractivity (Wildman–Crippen MR) is 113 cm³/mol. The number of likely N-dealkylation sites (tertiary alicyclic amines) is 1. The number of anilines is 1. The first kappa shape index (κ1) is 19.8. The molecule has 3 atom stereocenters. The van der Waals surface area contributed by atoms with Crippen LogP contribution in [0.5, 0.6) is 5.75 Å². The molecule has 6 heteroatoms. The van der Waals surface area contributed by atoms with Crippen LogP contribution in [0, 0.1) is 5.92 Å². The zero-order valence-corrected chi connectivity index (χ0v) is 17.2. The predicted octanol–water partition coefficient (Wildman–Crippen LogP) is 4.76. The van der Waals surface area contributed by atoms with E-state index in [1.165, 1.54) is 0 Å². The zero-order valence-electron chi connectivity index (χ0n) is 16.4. The number of carbonyl (C=O) groups excluding carboxylic acids is 2. The monoisotopic (exact) mass is 412 g/mol. The molecule has 152 valence electrons. The molecule has 0 aromatic heterocycles. The Labute approximate surface area is 176 Å². The second kappa shape index (κ2) is 8.46. The van der Waals surface area contributed by atoms with Gasteiger partial charge in [0.25, 0.3) is 5.91 Å². The molecule has 5 nitrogen and oxygen atoms in total. The molecule has 4 rings (SSSR count). The number of carbonyl (C=O) groups is 2. The molecule has 2 amide bonds. The minimum absolute atomic E-state index is 0.113. The van der Waals surface area contributed by atoms with Gasteiger partial charge in [0.05, 0.1) is 7.11 Å². The highest BCUT2D eigenvalue weighted by atomic mass is 35.5. The third-order valence-corrected chi connectivity index (χ3v) is 6.29. The van der Waals surface area contributed by atoms with Gasteiger partial charge in [0, 0.05) is 22.3 Å². The van der Waals surface area contributed by atoms with Gasteiger partial charge in [-0.25, -0.2) is 0 Å². The smallest absolute Gasteiger partial charge is 0.254 e. The van der Waals surface area contributed by atoms with Gasteiger partial charge < -0.3 is 15.0 Å². The number of nitrogens with one attached hydrogen (secondary N) is 1. The fourth-order valence-corrected chi connectivity index (χ4v) is 4.85. The number of amides is 2. The van der Waals surface area contributed by atoms with Crippen LogP contribution >= 0.6 is 11.6 Å². The molecule has 0 spiro atoms. The fourth-order valence-electron chi connectivity index (χ4n) is 4.66. The minimum Gasteiger partial charge on any atom is -0.497 e. The Morgan fingerprint density at radius 2 is 1.86 bits per heavy atom. The van der Waals surface area contributed by atoms with Gasteiger partial charge in [-0.1, -0.05) is 30.5 Å². The average molecular weight is 413 g/mol. The second-order valence-electron chi connectivity index (χ2n) is 7.80. The van der Waals surface area contributed by atoms with Gasteiger partial charge >= 0.3 is 0 Å². The van der Waals surface area contributed by atoms with Gasteiger partial charge in [0.1, 0.15) is 11.8 Å². The van der Waals surface area contributed by atoms with Crippen LogP contribution in [0.2, 0.25) is 5.02 Å². The molecule has 2 aromatic rings. The maximum Gasteiger partial charge on any atom is 0.254 e. The standard InChI is InChI=1S/C23H25ClN2O3/c1-29-19-11-9-18(10-12-19)25-22(27)21-14-15-5-2-3-8-20(15)26(21)23(28)16-6-4-7-17(24)13-16/h4,6-7,9-13,15,20-21H,2-3,5,8,14H2,1H3,(H,25,27). The van der Waals surface area contributed by atoms with E-state index in [1.807, 2.05) is 17.0 Å². The van der Waals surface area contributed by atoms with Crippen molar-refractivity contribution in [2.45, 2.75) is 44.2 Å². The van der Waals surface area contributed by atoms with Crippen LogP contribution in [0.3, 0.4) is 0 Å². The van der Waals surface area contributed by atoms with Crippen molar-refractivity contribution in [2.75, 3.05) is 12.4 Å². The minimum atomic E-state index is -0.475. The lowest BCUT2D eigenvalue weighted by Gasteiger charge is -2.33. The van der Waals surface area contributed by atoms with Crippen molar-refractivity contribution in [3.8, 4) is 5.75 Å². The van der Waals surface area contributed by atoms with E-state index in [-0.39, 0.29) is 17.9 Å². The Balaban J connectivity index is 1.58. The molecular formula is C23H25ClN2O3. The molecule has 1 saturated heterocycles. The molecule has 1 aliphatic heterocycles. The van der Waals surface area contributed by atoms with E-state index >= 15 is 0 Å². The average Bonchev–Trinajstić information content (AvgIpc) is 3.13. The molecule has 1 saturated carbocycles. The van der Waals surface area contributed by atoms with Crippen LogP contribution in [-0.4, -0.2) is 35.9 Å². The molecule has 1 aliphatic carbocycles. The lowest BCUT2D eigenvalue weighted by molar-refractivity contribution is -0.120. The van der Waals surface area contributed by atoms with Crippen LogP contribution in [-0.2, 0) is 4.79 Å². The molecular weight excluding hydrogens is 388 g/mol. The highest BCUT2D eigenvalue weighted by Crippen LogP contribution is 2.41. The van der Waals surface area contributed by atoms with Crippen LogP contribution in [0.15, 0.2) is 48.5 Å². The summed E-state index contributed by atoms with van der Waals surface area (Å²) in [6.45, 7) is 0. The topological polar surface area (TPSA) is 58.6 Å². The van der Waals surface area contributed by atoms with Crippen molar-refractivity contribution >= 4 is 29.1 Å². The van der Waals surface area contributed by atoms with Gasteiger partial charge in [0.15, 0.2) is 0 Å². The Kier molecular flexibility index (Phi) is 5.76. The SMILES string of the molecule is COc1ccc(NC(=O)C2CC3CCCCC3N2C(=O)c2cccc(Cl)c2)cc1. The van der Waals surface area contributed by atoms with Crippen molar-refractivity contribution in [1.82, 2.24) is 4.90 Å². The van der Waals surface area contributed by atoms with Crippen molar-refractivity contribution < 1.29 is 14.3 Å². The zero-order chi connectivity index (χ0) is 20.4. The van der Waals surface area contributed by atoms with Crippen molar-refractivity contribution in [2.24, 2.45) is 5.92 Å². The lowest BCUT2D eigenvalue weighted by Crippen LogP contribution is -2.47. The van der Waals surface area contributed by atoms with Gasteiger partial charge in [-0.05, 0) is 67.6 Å². The van der Waals surface area contributed by atoms with Crippen molar-refractivity contribution in [3.63, 3.8) is 0 Å². The third-order valence-electron chi connectivity index (χ3n) is 6.05. The van der Waals surface area contributed by atoms with E-state index in [0.717, 1.165) is 31.4 Å². The Hall–Kier alpha value is -2.53. The number of rotatable bonds is 4. The Morgan fingerprint density at radius 3 is 2.59 bits per heavy atom. The van der Waals surface area contributed by atoms with E-state index in [2.05, 4.69) is 5.32 Å². The quantitative estimate of drug-likeness (QED) is 0.787. The summed E-state index contributed by atoms with van der Waals surface area (Å²) in [5, 5.41) is 3.50. The summed E-state index contributed by atoms with van der Waals surface area (Å²) in [6.07, 6.45) is 4.97. The van der Waals surface area contributed by atoms with Gasteiger partial charge in [-0.15, -0.1) is 0 Å². The van der Waals surface area contributed by atoms with Crippen molar-refractivity contribution in [3.05, 3.63) is 59.1 Å². The summed E-state index contributed by atoms with van der Waals surface area (Å²) in [7, 11) is 1.60. The molecule has 2 fully saturated rings. The first-order valence-electron chi connectivity index (χ1n) is 10.1. The molecule has 29 heavy (non-hydrogen) atoms. The Morgan fingerprint density at radius 1 is 1.10 bits per heavy atom. The fraction of sp³-hybridized carbons (Fsp3) is 0.391. The largest absolute Gasteiger partial charge is 0.497 e. The summed E-state index contributed by atoms with van der Waals surface area (Å²) in [6, 6.07) is 13.8. The lowest BCUT2D eigenvalue weighted by atomic mass is 9.84. The number of hydrogen-bond acceptors (Lipinski definition) is 3. The third kappa shape index (κ3) is 4.10. The highest BCUT2D eigenvalue weighted by molar-refractivity contribution is 6.31. The molecule has 0 radical (unpaired) electrons. The molecule has 1 heterocycles. The highest BCUT2D eigenvalue weighted by Gasteiger charge is 2.47. The van der Waals surface area contributed by atoms with E-state index in [9.17, 15) is 9.59 Å². The van der Waals surface area contributed by atoms with Crippen LogP contribution < -0.4 is 10.1 Å². The number of nitrogens with zero attached hydrogens (tertiary/aromatic N) is 1. The number of halogens is 1. The van der Waals surface area contributed by atoms with E-state index in [1.54, 1.807) is 43.5 Å². The van der Waals surface area contributed by atoms with Crippen LogP contribution in [0.25, 0.3) is 0 Å². The number of benzene rings is 2. The maximum atomic E-state index is 13.4. The van der Waals surface area contributed by atoms with Gasteiger partial charge in [-0.2, -0.15) is 0 Å². The summed E-state index contributed by atoms with van der Waals surface area (Å²) in [4.78, 5) is 28.4. The van der Waals surface area contributed by atoms with E-state index in [4.69, 9.17) is 16.3 Å². The number of hydrogen-bond donors (Lipinski definition) is 1. The van der Waals surface area contributed by atoms with Crippen LogP contribution in [0.4, 0.5) is 5.69 Å². The number of methoxy groups -OCH3 is 1. The molecule has 2 aliphatic rings. The number of ether oxygens (including phenoxy) is 1. The van der Waals surface area contributed by atoms with E-state index in [0.29, 0.717) is 28.6 Å². The first-order valence-corrected chi connectivity index (χ1v) is 10.5. The van der Waals surface area contributed by atoms with Gasteiger partial charge in [0.2, 0.25) is 5.91 Å². The summed E-state index contributed by atoms with van der Waals surface area (Å²) >= 11 is 6.10. The van der Waals surface area contributed by atoms with Crippen molar-refractivity contribution in [1.29, 1.82) is 0 Å². The normalized spacial score (nSPS) is 23.4. The molecule has 1 N–H and O–H groups in total. The van der Waals surface area contributed by atoms with E-state index < -0.39 is 6.04 Å². The maximum absolute atomic E-state index is 13.4. The molecule has 0 bridgehead atoms. The second-order valence-corrected chi connectivity index (χ2v) is 8.24. The first-order chi connectivity index (χ1) is 14.1. The summed E-state index contributed by atoms with van der Waals surface area (Å²) < 4.78 is 5.17. The molecule has 3 unspecified atom stereocenters. The summed E-state index contributed by atoms with van der Waals surface area (Å²) in [5.74, 6) is 0.850. The van der Waals surface area contributed by atoms with Crippen LogP contribution in [0.1, 0.15) is 42.5 Å². The Bertz CT molecular complexity index is 899.